The van der Waals surface area contributed by atoms with Gasteiger partial charge in [-0.3, -0.25) is 4.79 Å². The summed E-state index contributed by atoms with van der Waals surface area (Å²) in [6, 6.07) is 5.33. The molecule has 0 radical (unpaired) electrons. The van der Waals surface area contributed by atoms with Crippen LogP contribution < -0.4 is 5.73 Å². The molecule has 0 unspecified atom stereocenters. The van der Waals surface area contributed by atoms with Gasteiger partial charge in [-0.2, -0.15) is 0 Å². The first kappa shape index (κ1) is 10.4. The number of carbonyl (C=O) groups excluding carboxylic acids is 1. The fourth-order valence-electron chi connectivity index (χ4n) is 1.60. The summed E-state index contributed by atoms with van der Waals surface area (Å²) in [6.45, 7) is 1.84. The summed E-state index contributed by atoms with van der Waals surface area (Å²) < 4.78 is 1.70. The third kappa shape index (κ3) is 1.58. The molecule has 4 nitrogen and oxygen atoms in total. The number of hydrogen-bond donors (Lipinski definition) is 1. The topological polar surface area (TPSA) is 60.9 Å². The lowest BCUT2D eigenvalue weighted by atomic mass is 10.0. The molecule has 16 heavy (non-hydrogen) atoms. The maximum atomic E-state index is 12.2. The van der Waals surface area contributed by atoms with Crippen molar-refractivity contribution in [1.29, 1.82) is 0 Å². The van der Waals surface area contributed by atoms with Gasteiger partial charge in [-0.1, -0.05) is 12.1 Å². The van der Waals surface area contributed by atoms with E-state index in [4.69, 9.17) is 5.73 Å². The number of benzene rings is 1. The Morgan fingerprint density at radius 2 is 2.19 bits per heavy atom. The third-order valence-electron chi connectivity index (χ3n) is 2.64. The highest BCUT2D eigenvalue weighted by Gasteiger charge is 2.16. The average molecular weight is 215 g/mol. The van der Waals surface area contributed by atoms with Gasteiger partial charge in [-0.15, -0.1) is 0 Å². The molecule has 0 aliphatic carbocycles. The Balaban J connectivity index is 2.50. The molecule has 0 spiro atoms. The zero-order valence-electron chi connectivity index (χ0n) is 9.27. The quantitative estimate of drug-likeness (QED) is 0.610. The van der Waals surface area contributed by atoms with Gasteiger partial charge in [-0.05, 0) is 18.6 Å². The average Bonchev–Trinajstić information content (AvgIpc) is 2.68. The summed E-state index contributed by atoms with van der Waals surface area (Å²) in [7, 11) is 1.79. The van der Waals surface area contributed by atoms with Crippen LogP contribution in [0.4, 0.5) is 5.69 Å². The first-order valence-corrected chi connectivity index (χ1v) is 4.98. The van der Waals surface area contributed by atoms with E-state index >= 15 is 0 Å². The molecule has 0 saturated carbocycles. The van der Waals surface area contributed by atoms with Gasteiger partial charge in [0.15, 0.2) is 5.82 Å². The van der Waals surface area contributed by atoms with Gasteiger partial charge in [0.05, 0.1) is 0 Å². The van der Waals surface area contributed by atoms with Crippen LogP contribution in [0.15, 0.2) is 30.6 Å². The first-order chi connectivity index (χ1) is 7.61. The van der Waals surface area contributed by atoms with Crippen LogP contribution >= 0.6 is 0 Å². The van der Waals surface area contributed by atoms with Gasteiger partial charge in [0.1, 0.15) is 0 Å². The summed E-state index contributed by atoms with van der Waals surface area (Å²) in [5, 5.41) is 0. The van der Waals surface area contributed by atoms with E-state index in [1.165, 1.54) is 0 Å². The molecule has 82 valence electrons. The normalized spacial score (nSPS) is 10.4. The van der Waals surface area contributed by atoms with Crippen LogP contribution in [-0.2, 0) is 7.05 Å². The molecule has 2 rings (SSSR count). The van der Waals surface area contributed by atoms with Gasteiger partial charge in [0.2, 0.25) is 5.78 Å². The molecular formula is C12H13N3O. The third-order valence-corrected chi connectivity index (χ3v) is 2.64. The van der Waals surface area contributed by atoms with E-state index in [0.717, 1.165) is 5.56 Å². The largest absolute Gasteiger partial charge is 0.398 e. The van der Waals surface area contributed by atoms with Crippen LogP contribution in [0.2, 0.25) is 0 Å². The molecule has 0 fully saturated rings. The summed E-state index contributed by atoms with van der Waals surface area (Å²) >= 11 is 0. The zero-order valence-corrected chi connectivity index (χ0v) is 9.27. The van der Waals surface area contributed by atoms with Crippen LogP contribution in [0.25, 0.3) is 0 Å². The number of nitrogen functional groups attached to an aromatic ring is 1. The monoisotopic (exact) mass is 215 g/mol. The number of rotatable bonds is 2. The standard InChI is InChI=1S/C12H13N3O/c1-8-9(4-3-5-10(8)13)11(16)12-14-6-7-15(12)2/h3-7H,13H2,1-2H3. The highest BCUT2D eigenvalue weighted by atomic mass is 16.1. The molecule has 2 aromatic rings. The fraction of sp³-hybridized carbons (Fsp3) is 0.167. The highest BCUT2D eigenvalue weighted by Crippen LogP contribution is 2.18. The molecular weight excluding hydrogens is 202 g/mol. The van der Waals surface area contributed by atoms with E-state index in [1.807, 2.05) is 6.92 Å². The molecule has 1 aromatic heterocycles. The number of carbonyl (C=O) groups is 1. The predicted molar refractivity (Wildman–Crippen MR) is 62.2 cm³/mol. The van der Waals surface area contributed by atoms with Crippen molar-refractivity contribution in [3.63, 3.8) is 0 Å². The second-order valence-corrected chi connectivity index (χ2v) is 3.71. The van der Waals surface area contributed by atoms with Crippen LogP contribution in [0, 0.1) is 6.92 Å². The van der Waals surface area contributed by atoms with Crippen molar-refractivity contribution in [2.24, 2.45) is 7.05 Å². The number of aromatic nitrogens is 2. The van der Waals surface area contributed by atoms with Crippen molar-refractivity contribution in [3.8, 4) is 0 Å². The van der Waals surface area contributed by atoms with E-state index in [2.05, 4.69) is 4.98 Å². The number of anilines is 1. The molecule has 0 aliphatic heterocycles. The first-order valence-electron chi connectivity index (χ1n) is 4.98. The predicted octanol–water partition coefficient (Wildman–Crippen LogP) is 1.54. The number of ketones is 1. The number of aryl methyl sites for hydroxylation is 1. The second-order valence-electron chi connectivity index (χ2n) is 3.71. The van der Waals surface area contributed by atoms with Crippen molar-refractivity contribution in [2.75, 3.05) is 5.73 Å². The van der Waals surface area contributed by atoms with Crippen LogP contribution in [0.3, 0.4) is 0 Å². The van der Waals surface area contributed by atoms with Crippen LogP contribution in [0.5, 0.6) is 0 Å². The molecule has 2 N–H and O–H groups in total. The number of hydrogen-bond acceptors (Lipinski definition) is 3. The second kappa shape index (κ2) is 3.81. The highest BCUT2D eigenvalue weighted by molar-refractivity contribution is 6.08. The molecule has 1 aromatic carbocycles. The SMILES string of the molecule is Cc1c(N)cccc1C(=O)c1nccn1C. The zero-order chi connectivity index (χ0) is 11.7. The summed E-state index contributed by atoms with van der Waals surface area (Å²) in [6.07, 6.45) is 3.35. The summed E-state index contributed by atoms with van der Waals surface area (Å²) in [5.41, 5.74) is 7.80. The smallest absolute Gasteiger partial charge is 0.228 e. The maximum absolute atomic E-state index is 12.2. The molecule has 0 bridgehead atoms. The van der Waals surface area contributed by atoms with Crippen LogP contribution in [0.1, 0.15) is 21.7 Å². The fourth-order valence-corrected chi connectivity index (χ4v) is 1.60. The van der Waals surface area contributed by atoms with Crippen LogP contribution in [-0.4, -0.2) is 15.3 Å². The summed E-state index contributed by atoms with van der Waals surface area (Å²) in [4.78, 5) is 16.2. The molecule has 0 amide bonds. The van der Waals surface area contributed by atoms with E-state index in [9.17, 15) is 4.79 Å². The molecule has 0 aliphatic rings. The number of nitrogens with two attached hydrogens (primary N) is 1. The van der Waals surface area contributed by atoms with Crippen molar-refractivity contribution in [3.05, 3.63) is 47.5 Å². The lowest BCUT2D eigenvalue weighted by Crippen LogP contribution is -2.11. The van der Waals surface area contributed by atoms with Crippen molar-refractivity contribution in [2.45, 2.75) is 6.92 Å². The van der Waals surface area contributed by atoms with Crippen molar-refractivity contribution in [1.82, 2.24) is 9.55 Å². The minimum absolute atomic E-state index is 0.0997. The van der Waals surface area contributed by atoms with Gasteiger partial charge in [0.25, 0.3) is 0 Å². The number of imidazole rings is 1. The van der Waals surface area contributed by atoms with Gasteiger partial charge in [-0.25, -0.2) is 4.98 Å². The van der Waals surface area contributed by atoms with E-state index in [-0.39, 0.29) is 5.78 Å². The van der Waals surface area contributed by atoms with Crippen molar-refractivity contribution >= 4 is 11.5 Å². The van der Waals surface area contributed by atoms with Gasteiger partial charge in [0, 0.05) is 30.7 Å². The minimum Gasteiger partial charge on any atom is -0.398 e. The Kier molecular flexibility index (Phi) is 2.48. The minimum atomic E-state index is -0.0997. The Labute approximate surface area is 93.7 Å². The molecule has 1 heterocycles. The molecule has 4 heteroatoms. The Bertz CT molecular complexity index is 543. The molecule has 0 saturated heterocycles. The maximum Gasteiger partial charge on any atom is 0.228 e. The number of nitrogens with zero attached hydrogens (tertiary/aromatic N) is 2. The Morgan fingerprint density at radius 3 is 2.81 bits per heavy atom. The van der Waals surface area contributed by atoms with E-state index < -0.39 is 0 Å². The Hall–Kier alpha value is -2.10. The van der Waals surface area contributed by atoms with E-state index in [1.54, 1.807) is 42.2 Å². The summed E-state index contributed by atoms with van der Waals surface area (Å²) in [5.74, 6) is 0.325. The molecule has 0 atom stereocenters. The van der Waals surface area contributed by atoms with Gasteiger partial charge >= 0.3 is 0 Å². The van der Waals surface area contributed by atoms with Crippen molar-refractivity contribution < 1.29 is 4.79 Å². The lowest BCUT2D eigenvalue weighted by molar-refractivity contribution is 0.102. The van der Waals surface area contributed by atoms with E-state index in [0.29, 0.717) is 17.1 Å². The Morgan fingerprint density at radius 1 is 1.44 bits per heavy atom. The van der Waals surface area contributed by atoms with Gasteiger partial charge < -0.3 is 10.3 Å². The lowest BCUT2D eigenvalue weighted by Gasteiger charge is -2.06.